The molecule has 3 aromatic rings. The molecule has 3 aliphatic rings. The van der Waals surface area contributed by atoms with Crippen LogP contribution in [0.25, 0.3) is 15.0 Å². The van der Waals surface area contributed by atoms with Crippen LogP contribution in [0.15, 0.2) is 60.0 Å². The van der Waals surface area contributed by atoms with E-state index in [0.717, 1.165) is 37.5 Å². The van der Waals surface area contributed by atoms with E-state index in [0.29, 0.717) is 11.5 Å². The van der Waals surface area contributed by atoms with E-state index >= 15 is 0 Å². The summed E-state index contributed by atoms with van der Waals surface area (Å²) < 4.78 is 7.47. The summed E-state index contributed by atoms with van der Waals surface area (Å²) in [4.78, 5) is 14.3. The van der Waals surface area contributed by atoms with E-state index < -0.39 is 5.60 Å². The van der Waals surface area contributed by atoms with Gasteiger partial charge in [0.05, 0.1) is 5.56 Å². The maximum absolute atomic E-state index is 13.1. The number of hydrogen-bond acceptors (Lipinski definition) is 2. The first kappa shape index (κ1) is 20.1. The summed E-state index contributed by atoms with van der Waals surface area (Å²) in [7, 11) is -0.0600. The highest BCUT2D eigenvalue weighted by atomic mass is 32.2. The van der Waals surface area contributed by atoms with Crippen molar-refractivity contribution < 1.29 is 9.53 Å². The van der Waals surface area contributed by atoms with E-state index in [4.69, 9.17) is 4.74 Å². The molecule has 1 heterocycles. The van der Waals surface area contributed by atoms with Crippen LogP contribution in [0.3, 0.4) is 0 Å². The molecule has 0 saturated heterocycles. The number of fused-ring (bicyclic) bond motifs is 3. The Morgan fingerprint density at radius 1 is 0.969 bits per heavy atom. The van der Waals surface area contributed by atoms with Crippen molar-refractivity contribution in [3.8, 4) is 16.7 Å². The molecule has 2 bridgehead atoms. The number of esters is 1. The highest BCUT2D eigenvalue weighted by molar-refractivity contribution is 7.43. The lowest BCUT2D eigenvalue weighted by Gasteiger charge is -2.24. The molecule has 0 amide bonds. The lowest BCUT2D eigenvalue weighted by atomic mass is 9.88. The standard InChI is InChI=1S/C29H29O2S/c30-28(23-9-11-26(12-10-23)32-18-14-22-5-1-2-6-27(22)32)31-29(15-3-4-16-29)17-13-25-20-21-7-8-24(25)19-21/h1-2,5-6,9-12,14,18,21,24-25H,3-4,7-8,15-16,19-20H2/q+1. The Balaban J connectivity index is 1.20. The van der Waals surface area contributed by atoms with Crippen molar-refractivity contribution in [2.75, 3.05) is 0 Å². The van der Waals surface area contributed by atoms with Crippen LogP contribution in [0.2, 0.25) is 0 Å². The van der Waals surface area contributed by atoms with Crippen molar-refractivity contribution in [3.05, 3.63) is 65.5 Å². The molecule has 2 nitrogen and oxygen atoms in total. The Hall–Kier alpha value is -2.57. The van der Waals surface area contributed by atoms with Gasteiger partial charge in [-0.05, 0) is 93.2 Å². The van der Waals surface area contributed by atoms with Crippen molar-refractivity contribution >= 4 is 26.5 Å². The molecule has 2 aromatic carbocycles. The first-order chi connectivity index (χ1) is 15.7. The lowest BCUT2D eigenvalue weighted by Crippen LogP contribution is -2.30. The Labute approximate surface area is 193 Å². The third-order valence-corrected chi connectivity index (χ3v) is 9.84. The van der Waals surface area contributed by atoms with Crippen LogP contribution in [-0.2, 0) is 4.74 Å². The summed E-state index contributed by atoms with van der Waals surface area (Å²) in [6.45, 7) is 0. The second-order valence-electron chi connectivity index (χ2n) is 9.84. The fourth-order valence-electron chi connectivity index (χ4n) is 6.06. The minimum absolute atomic E-state index is 0.0600. The fourth-order valence-corrected chi connectivity index (χ4v) is 7.94. The van der Waals surface area contributed by atoms with Crippen LogP contribution in [-0.4, -0.2) is 11.6 Å². The second kappa shape index (κ2) is 8.09. The van der Waals surface area contributed by atoms with Crippen molar-refractivity contribution in [2.45, 2.75) is 57.0 Å². The van der Waals surface area contributed by atoms with E-state index in [1.807, 2.05) is 12.1 Å². The number of rotatable bonds is 3. The Kier molecular flexibility index (Phi) is 5.07. The number of hydrogen-bond donors (Lipinski definition) is 0. The van der Waals surface area contributed by atoms with Crippen LogP contribution in [0.5, 0.6) is 0 Å². The molecule has 3 heteroatoms. The zero-order valence-electron chi connectivity index (χ0n) is 18.4. The Morgan fingerprint density at radius 2 is 1.78 bits per heavy atom. The van der Waals surface area contributed by atoms with Crippen LogP contribution < -0.4 is 0 Å². The highest BCUT2D eigenvalue weighted by Crippen LogP contribution is 2.48. The van der Waals surface area contributed by atoms with Crippen LogP contribution in [0, 0.1) is 29.6 Å². The van der Waals surface area contributed by atoms with Gasteiger partial charge in [0.25, 0.3) is 0 Å². The van der Waals surface area contributed by atoms with E-state index in [2.05, 4.69) is 59.7 Å². The maximum Gasteiger partial charge on any atom is 0.339 e. The van der Waals surface area contributed by atoms with Gasteiger partial charge in [-0.25, -0.2) is 4.79 Å². The Morgan fingerprint density at radius 3 is 2.53 bits per heavy atom. The molecule has 3 saturated carbocycles. The van der Waals surface area contributed by atoms with Gasteiger partial charge in [-0.2, -0.15) is 0 Å². The predicted molar refractivity (Wildman–Crippen MR) is 131 cm³/mol. The monoisotopic (exact) mass is 441 g/mol. The molecular weight excluding hydrogens is 412 g/mol. The van der Waals surface area contributed by atoms with Crippen LogP contribution in [0.4, 0.5) is 0 Å². The van der Waals surface area contributed by atoms with E-state index in [9.17, 15) is 4.79 Å². The number of carbonyl (C=O) groups excluding carboxylic acids is 1. The zero-order chi connectivity index (χ0) is 21.5. The van der Waals surface area contributed by atoms with E-state index in [1.165, 1.54) is 40.7 Å². The first-order valence-corrected chi connectivity index (χ1v) is 13.3. The summed E-state index contributed by atoms with van der Waals surface area (Å²) in [5, 5.41) is 3.55. The molecule has 0 spiro atoms. The van der Waals surface area contributed by atoms with Gasteiger partial charge in [0, 0.05) is 27.8 Å². The molecule has 6 rings (SSSR count). The molecule has 3 fully saturated rings. The van der Waals surface area contributed by atoms with Gasteiger partial charge in [-0.1, -0.05) is 30.4 Å². The van der Waals surface area contributed by atoms with Gasteiger partial charge >= 0.3 is 5.97 Å². The summed E-state index contributed by atoms with van der Waals surface area (Å²) in [5.41, 5.74) is 0.0498. The van der Waals surface area contributed by atoms with Crippen molar-refractivity contribution in [1.82, 2.24) is 0 Å². The topological polar surface area (TPSA) is 26.3 Å². The molecule has 32 heavy (non-hydrogen) atoms. The number of carbonyl (C=O) groups is 1. The van der Waals surface area contributed by atoms with Crippen LogP contribution >= 0.6 is 10.5 Å². The molecule has 4 unspecified atom stereocenters. The number of ether oxygens (including phenoxy) is 1. The third kappa shape index (κ3) is 3.65. The second-order valence-corrected chi connectivity index (χ2v) is 11.7. The lowest BCUT2D eigenvalue weighted by molar-refractivity contribution is 0.0102. The minimum atomic E-state index is -0.577. The van der Waals surface area contributed by atoms with E-state index in [-0.39, 0.29) is 16.4 Å². The Bertz CT molecular complexity index is 1200. The number of benzene rings is 2. The van der Waals surface area contributed by atoms with Crippen molar-refractivity contribution in [1.29, 1.82) is 0 Å². The summed E-state index contributed by atoms with van der Waals surface area (Å²) in [6.07, 6.45) is 9.26. The van der Waals surface area contributed by atoms with Gasteiger partial charge in [0.1, 0.15) is 5.38 Å². The average molecular weight is 442 g/mol. The maximum atomic E-state index is 13.1. The normalized spacial score (nSPS) is 26.1. The smallest absolute Gasteiger partial charge is 0.339 e. The molecule has 0 N–H and O–H groups in total. The van der Waals surface area contributed by atoms with Crippen molar-refractivity contribution in [3.63, 3.8) is 0 Å². The first-order valence-electron chi connectivity index (χ1n) is 12.1. The predicted octanol–water partition coefficient (Wildman–Crippen LogP) is 7.49. The minimum Gasteiger partial charge on any atom is -0.442 e. The molecule has 3 aliphatic carbocycles. The number of thiophene rings is 1. The highest BCUT2D eigenvalue weighted by Gasteiger charge is 2.40. The quantitative estimate of drug-likeness (QED) is 0.239. The summed E-state index contributed by atoms with van der Waals surface area (Å²) in [5.74, 6) is 9.03. The van der Waals surface area contributed by atoms with Gasteiger partial charge in [-0.3, -0.25) is 0 Å². The van der Waals surface area contributed by atoms with Gasteiger partial charge in [0.15, 0.2) is 15.2 Å². The largest absolute Gasteiger partial charge is 0.442 e. The van der Waals surface area contributed by atoms with E-state index in [1.54, 1.807) is 0 Å². The zero-order valence-corrected chi connectivity index (χ0v) is 19.2. The summed E-state index contributed by atoms with van der Waals surface area (Å²) in [6, 6.07) is 18.7. The molecule has 4 atom stereocenters. The van der Waals surface area contributed by atoms with Gasteiger partial charge in [-0.15, -0.1) is 0 Å². The average Bonchev–Trinajstić information content (AvgIpc) is 3.62. The molecule has 0 radical (unpaired) electrons. The molecular formula is C29H29O2S+. The molecule has 0 aliphatic heterocycles. The van der Waals surface area contributed by atoms with Gasteiger partial charge < -0.3 is 4.74 Å². The third-order valence-electron chi connectivity index (χ3n) is 7.81. The van der Waals surface area contributed by atoms with Crippen LogP contribution in [0.1, 0.15) is 61.7 Å². The SMILES string of the molecule is O=C(OC1(C#CC2CC3CCC2C3)CCCC1)c1ccc(-[s+]2ccc3ccccc32)cc1. The summed E-state index contributed by atoms with van der Waals surface area (Å²) >= 11 is 0. The molecule has 1 aromatic heterocycles. The van der Waals surface area contributed by atoms with Crippen molar-refractivity contribution in [2.24, 2.45) is 17.8 Å². The molecule has 162 valence electrons. The van der Waals surface area contributed by atoms with Gasteiger partial charge in [0.2, 0.25) is 0 Å². The fraction of sp³-hybridized carbons (Fsp3) is 0.414.